The predicted octanol–water partition coefficient (Wildman–Crippen LogP) is 6.60. The first-order valence-electron chi connectivity index (χ1n) is 14.0. The molecule has 40 heavy (non-hydrogen) atoms. The number of anilines is 1. The molecule has 214 valence electrons. The van der Waals surface area contributed by atoms with E-state index in [0.717, 1.165) is 60.2 Å². The summed E-state index contributed by atoms with van der Waals surface area (Å²) in [6.45, 7) is 18.4. The number of benzene rings is 1. The lowest BCUT2D eigenvalue weighted by Gasteiger charge is -2.41. The molecule has 0 bridgehead atoms. The Morgan fingerprint density at radius 3 is 2.75 bits per heavy atom. The number of hydrogen-bond acceptors (Lipinski definition) is 8. The molecule has 1 atom stereocenters. The van der Waals surface area contributed by atoms with Crippen LogP contribution in [-0.4, -0.2) is 63.9 Å². The Morgan fingerprint density at radius 1 is 1.30 bits per heavy atom. The van der Waals surface area contributed by atoms with Gasteiger partial charge in [0.15, 0.2) is 5.12 Å². The average molecular weight is 579 g/mol. The van der Waals surface area contributed by atoms with Crippen LogP contribution in [0.15, 0.2) is 35.5 Å². The first-order valence-corrected chi connectivity index (χ1v) is 18.5. The van der Waals surface area contributed by atoms with Gasteiger partial charge in [-0.05, 0) is 70.1 Å². The maximum atomic E-state index is 12.2. The highest BCUT2D eigenvalue weighted by molar-refractivity contribution is 8.13. The number of rotatable bonds is 9. The maximum absolute atomic E-state index is 12.2. The molecule has 0 spiro atoms. The van der Waals surface area contributed by atoms with E-state index in [1.54, 1.807) is 13.1 Å². The van der Waals surface area contributed by atoms with Crippen LogP contribution in [0.5, 0.6) is 0 Å². The van der Waals surface area contributed by atoms with Gasteiger partial charge in [0, 0.05) is 63.1 Å². The van der Waals surface area contributed by atoms with Gasteiger partial charge in [0.25, 0.3) is 0 Å². The predicted molar refractivity (Wildman–Crippen MR) is 166 cm³/mol. The van der Waals surface area contributed by atoms with Crippen molar-refractivity contribution in [1.82, 2.24) is 19.4 Å². The van der Waals surface area contributed by atoms with Gasteiger partial charge in [0.2, 0.25) is 5.95 Å². The summed E-state index contributed by atoms with van der Waals surface area (Å²) in [5.41, 5.74) is 3.20. The zero-order valence-corrected chi connectivity index (χ0v) is 26.7. The third-order valence-electron chi connectivity index (χ3n) is 7.21. The zero-order chi connectivity index (χ0) is 29.1. The van der Waals surface area contributed by atoms with E-state index in [-0.39, 0.29) is 16.7 Å². The third-order valence-corrected chi connectivity index (χ3v) is 9.72. The van der Waals surface area contributed by atoms with Gasteiger partial charge in [0.05, 0.1) is 27.7 Å². The molecule has 0 unspecified atom stereocenters. The monoisotopic (exact) mass is 578 g/mol. The van der Waals surface area contributed by atoms with Gasteiger partial charge in [0.1, 0.15) is 6.73 Å². The van der Waals surface area contributed by atoms with Crippen LogP contribution in [0.3, 0.4) is 0 Å². The molecule has 1 aromatic carbocycles. The lowest BCUT2D eigenvalue weighted by Crippen LogP contribution is -2.50. The minimum absolute atomic E-state index is 0.0242. The molecule has 10 heteroatoms. The van der Waals surface area contributed by atoms with Gasteiger partial charge in [-0.1, -0.05) is 25.7 Å². The van der Waals surface area contributed by atoms with Crippen LogP contribution in [0.2, 0.25) is 25.7 Å². The van der Waals surface area contributed by atoms with Crippen molar-refractivity contribution in [2.24, 2.45) is 0 Å². The second kappa shape index (κ2) is 12.4. The molecule has 3 aromatic rings. The summed E-state index contributed by atoms with van der Waals surface area (Å²) in [7, 11) is -1.21. The van der Waals surface area contributed by atoms with E-state index in [1.165, 1.54) is 0 Å². The van der Waals surface area contributed by atoms with E-state index in [4.69, 9.17) is 9.72 Å². The number of carbonyl (C=O) groups is 1. The van der Waals surface area contributed by atoms with Crippen molar-refractivity contribution in [3.05, 3.63) is 36.2 Å². The number of nitrogens with zero attached hydrogens (tertiary/aromatic N) is 5. The minimum atomic E-state index is -1.21. The van der Waals surface area contributed by atoms with Crippen molar-refractivity contribution in [3.8, 4) is 17.3 Å². The molecule has 1 saturated heterocycles. The van der Waals surface area contributed by atoms with E-state index in [9.17, 15) is 10.1 Å². The lowest BCUT2D eigenvalue weighted by molar-refractivity contribution is -0.109. The van der Waals surface area contributed by atoms with E-state index < -0.39 is 8.07 Å². The van der Waals surface area contributed by atoms with Crippen LogP contribution in [0.1, 0.15) is 46.1 Å². The van der Waals surface area contributed by atoms with Crippen molar-refractivity contribution in [3.63, 3.8) is 0 Å². The van der Waals surface area contributed by atoms with Gasteiger partial charge in [-0.2, -0.15) is 5.26 Å². The van der Waals surface area contributed by atoms with E-state index >= 15 is 0 Å². The highest BCUT2D eigenvalue weighted by atomic mass is 32.2. The second-order valence-electron chi connectivity index (χ2n) is 12.8. The van der Waals surface area contributed by atoms with E-state index in [0.29, 0.717) is 35.4 Å². The van der Waals surface area contributed by atoms with Crippen LogP contribution in [0, 0.1) is 11.3 Å². The number of aromatic nitrogens is 3. The number of nitriles is 1. The van der Waals surface area contributed by atoms with Crippen molar-refractivity contribution in [2.45, 2.75) is 89.4 Å². The van der Waals surface area contributed by atoms with Crippen LogP contribution < -0.4 is 5.32 Å². The van der Waals surface area contributed by atoms with Crippen LogP contribution in [0.4, 0.5) is 5.95 Å². The quantitative estimate of drug-likeness (QED) is 0.172. The number of carbonyl (C=O) groups excluding carboxylic acids is 1. The van der Waals surface area contributed by atoms with Gasteiger partial charge in [-0.3, -0.25) is 9.69 Å². The standard InChI is InChI=1S/C30H42N6O2SSi/c1-21(37)39-27-17-32-29(33-23-9-8-12-36(18-23)30(2,3)4)34-28(27)25-19-35(20-38-13-14-40(5,6)7)26-15-22(16-31)10-11-24(25)26/h10-11,15,17,19,23H,8-9,12-14,18,20H2,1-7H3,(H,32,33,34)/t23-/m0/s1. The lowest BCUT2D eigenvalue weighted by atomic mass is 9.98. The smallest absolute Gasteiger partial charge is 0.223 e. The first kappa shape index (κ1) is 30.3. The molecule has 8 nitrogen and oxygen atoms in total. The van der Waals surface area contributed by atoms with Crippen LogP contribution >= 0.6 is 11.8 Å². The summed E-state index contributed by atoms with van der Waals surface area (Å²) in [5.74, 6) is 0.560. The number of nitrogens with one attached hydrogen (secondary N) is 1. The summed E-state index contributed by atoms with van der Waals surface area (Å²) in [4.78, 5) is 25.0. The highest BCUT2D eigenvalue weighted by Crippen LogP contribution is 2.37. The molecule has 0 aliphatic carbocycles. The molecular weight excluding hydrogens is 537 g/mol. The number of thioether (sulfide) groups is 1. The summed E-state index contributed by atoms with van der Waals surface area (Å²) in [6.07, 6.45) is 5.95. The van der Waals surface area contributed by atoms with E-state index in [2.05, 4.69) is 61.7 Å². The Labute approximate surface area is 243 Å². The Morgan fingerprint density at radius 2 is 2.08 bits per heavy atom. The van der Waals surface area contributed by atoms with Gasteiger partial charge in [-0.25, -0.2) is 9.97 Å². The Hall–Kier alpha value is -2.71. The molecule has 2 aromatic heterocycles. The molecule has 4 rings (SSSR count). The fourth-order valence-electron chi connectivity index (χ4n) is 4.95. The van der Waals surface area contributed by atoms with Crippen molar-refractivity contribution in [2.75, 3.05) is 25.0 Å². The minimum Gasteiger partial charge on any atom is -0.361 e. The van der Waals surface area contributed by atoms with Crippen molar-refractivity contribution >= 4 is 41.8 Å². The average Bonchev–Trinajstić information content (AvgIpc) is 3.24. The topological polar surface area (TPSA) is 96.1 Å². The molecule has 0 amide bonds. The van der Waals surface area contributed by atoms with Crippen molar-refractivity contribution < 1.29 is 9.53 Å². The molecule has 1 aliphatic heterocycles. The second-order valence-corrected chi connectivity index (χ2v) is 19.6. The molecule has 1 aliphatic rings. The fourth-order valence-corrected chi connectivity index (χ4v) is 6.37. The Balaban J connectivity index is 1.70. The van der Waals surface area contributed by atoms with Gasteiger partial charge >= 0.3 is 0 Å². The first-order chi connectivity index (χ1) is 18.8. The number of ether oxygens (including phenoxy) is 1. The largest absolute Gasteiger partial charge is 0.361 e. The summed E-state index contributed by atoms with van der Waals surface area (Å²) in [5, 5.41) is 14.1. The third kappa shape index (κ3) is 7.72. The van der Waals surface area contributed by atoms with Gasteiger partial charge < -0.3 is 14.6 Å². The molecule has 1 N–H and O–H groups in total. The van der Waals surface area contributed by atoms with Crippen LogP contribution in [-0.2, 0) is 16.3 Å². The van der Waals surface area contributed by atoms with Gasteiger partial charge in [-0.15, -0.1) is 0 Å². The number of hydrogen-bond donors (Lipinski definition) is 1. The number of fused-ring (bicyclic) bond motifs is 1. The number of likely N-dealkylation sites (tertiary alicyclic amines) is 1. The zero-order valence-electron chi connectivity index (χ0n) is 24.9. The van der Waals surface area contributed by atoms with Crippen molar-refractivity contribution in [1.29, 1.82) is 5.26 Å². The summed E-state index contributed by atoms with van der Waals surface area (Å²) < 4.78 is 8.13. The highest BCUT2D eigenvalue weighted by Gasteiger charge is 2.28. The Bertz CT molecular complexity index is 1400. The summed E-state index contributed by atoms with van der Waals surface area (Å²) >= 11 is 1.14. The number of piperidine rings is 1. The maximum Gasteiger partial charge on any atom is 0.223 e. The normalized spacial score (nSPS) is 16.7. The molecule has 0 radical (unpaired) electrons. The molecule has 0 saturated carbocycles. The van der Waals surface area contributed by atoms with E-state index in [1.807, 2.05) is 29.0 Å². The Kier molecular flexibility index (Phi) is 9.40. The fraction of sp³-hybridized carbons (Fsp3) is 0.533. The molecular formula is C30H42N6O2SSi. The molecule has 3 heterocycles. The summed E-state index contributed by atoms with van der Waals surface area (Å²) in [6, 6.07) is 9.25. The molecule has 1 fully saturated rings. The van der Waals surface area contributed by atoms with Crippen LogP contribution in [0.25, 0.3) is 22.2 Å². The SMILES string of the molecule is CC(=O)Sc1cnc(N[C@H]2CCCN(C(C)(C)C)C2)nc1-c1cn(COCC[Si](C)(C)C)c2cc(C#N)ccc12.